The lowest BCUT2D eigenvalue weighted by Gasteiger charge is -2.26. The molecule has 2 fully saturated rings. The second-order valence-corrected chi connectivity index (χ2v) is 6.57. The predicted molar refractivity (Wildman–Crippen MR) is 83.3 cm³/mol. The molecule has 21 heavy (non-hydrogen) atoms. The highest BCUT2D eigenvalue weighted by Gasteiger charge is 2.40. The van der Waals surface area contributed by atoms with Gasteiger partial charge in [-0.1, -0.05) is 31.5 Å². The van der Waals surface area contributed by atoms with Crippen LogP contribution in [0.2, 0.25) is 0 Å². The largest absolute Gasteiger partial charge is 0.480 e. The zero-order valence-corrected chi connectivity index (χ0v) is 13.0. The molecule has 0 saturated heterocycles. The minimum atomic E-state index is -0.384. The number of nitrogens with one attached hydrogen (secondary N) is 1. The Kier molecular flexibility index (Phi) is 4.18. The molecular weight excluding hydrogens is 262 g/mol. The molecule has 2 saturated carbocycles. The summed E-state index contributed by atoms with van der Waals surface area (Å²) in [5.74, 6) is 2.42. The van der Waals surface area contributed by atoms with Crippen LogP contribution in [-0.2, 0) is 4.79 Å². The Bertz CT molecular complexity index is 514. The predicted octanol–water partition coefficient (Wildman–Crippen LogP) is 3.46. The highest BCUT2D eigenvalue weighted by molar-refractivity contribution is 5.81. The van der Waals surface area contributed by atoms with Gasteiger partial charge in [-0.25, -0.2) is 0 Å². The van der Waals surface area contributed by atoms with Gasteiger partial charge in [-0.3, -0.25) is 4.79 Å². The van der Waals surface area contributed by atoms with Gasteiger partial charge < -0.3 is 10.1 Å². The van der Waals surface area contributed by atoms with Crippen molar-refractivity contribution in [1.82, 2.24) is 5.32 Å². The van der Waals surface area contributed by atoms with Gasteiger partial charge >= 0.3 is 0 Å². The average molecular weight is 287 g/mol. The van der Waals surface area contributed by atoms with Gasteiger partial charge in [0.1, 0.15) is 5.75 Å². The molecule has 1 aromatic rings. The van der Waals surface area contributed by atoms with Crippen LogP contribution < -0.4 is 10.1 Å². The number of aryl methyl sites for hydroxylation is 1. The van der Waals surface area contributed by atoms with Crippen molar-refractivity contribution in [2.75, 3.05) is 0 Å². The number of fused-ring (bicyclic) bond motifs is 2. The van der Waals surface area contributed by atoms with Gasteiger partial charge in [-0.15, -0.1) is 0 Å². The molecule has 0 unspecified atom stereocenters. The molecule has 2 bridgehead atoms. The van der Waals surface area contributed by atoms with Crippen LogP contribution >= 0.6 is 0 Å². The zero-order chi connectivity index (χ0) is 14.8. The van der Waals surface area contributed by atoms with Gasteiger partial charge in [0, 0.05) is 6.04 Å². The summed E-state index contributed by atoms with van der Waals surface area (Å²) in [6.45, 7) is 4.01. The Labute approximate surface area is 127 Å². The Hall–Kier alpha value is -1.51. The first-order valence-electron chi connectivity index (χ1n) is 8.20. The molecule has 1 N–H and O–H groups in total. The standard InChI is InChI=1S/C18H25NO2/c1-3-16(21-17-7-5-4-6-12(17)2)18(20)19-15-11-13-8-9-14(15)10-13/h4-7,13-16H,3,8-11H2,1-2H3,(H,19,20)/t13-,14-,15-,16-/m0/s1. The summed E-state index contributed by atoms with van der Waals surface area (Å²) >= 11 is 0. The molecule has 3 heteroatoms. The van der Waals surface area contributed by atoms with Crippen molar-refractivity contribution in [2.45, 2.75) is 58.1 Å². The van der Waals surface area contributed by atoms with Crippen LogP contribution in [0.15, 0.2) is 24.3 Å². The zero-order valence-electron chi connectivity index (χ0n) is 13.0. The van der Waals surface area contributed by atoms with Gasteiger partial charge in [-0.05, 0) is 56.1 Å². The average Bonchev–Trinajstić information content (AvgIpc) is 3.09. The third-order valence-corrected chi connectivity index (χ3v) is 5.09. The van der Waals surface area contributed by atoms with Crippen LogP contribution in [0, 0.1) is 18.8 Å². The Morgan fingerprint density at radius 1 is 1.33 bits per heavy atom. The molecule has 3 nitrogen and oxygen atoms in total. The van der Waals surface area contributed by atoms with E-state index in [0.29, 0.717) is 18.4 Å². The first kappa shape index (κ1) is 14.4. The number of hydrogen-bond acceptors (Lipinski definition) is 2. The summed E-state index contributed by atoms with van der Waals surface area (Å²) in [4.78, 5) is 12.5. The van der Waals surface area contributed by atoms with E-state index in [1.165, 1.54) is 19.3 Å². The smallest absolute Gasteiger partial charge is 0.261 e. The summed E-state index contributed by atoms with van der Waals surface area (Å²) in [6, 6.07) is 8.26. The molecule has 0 aromatic heterocycles. The van der Waals surface area contributed by atoms with Gasteiger partial charge in [0.05, 0.1) is 0 Å². The van der Waals surface area contributed by atoms with Crippen LogP contribution in [0.5, 0.6) is 5.75 Å². The van der Waals surface area contributed by atoms with E-state index in [0.717, 1.165) is 23.7 Å². The van der Waals surface area contributed by atoms with E-state index in [2.05, 4.69) is 5.32 Å². The molecule has 0 heterocycles. The van der Waals surface area contributed by atoms with Crippen LogP contribution in [0.4, 0.5) is 0 Å². The molecule has 4 atom stereocenters. The number of hydrogen-bond donors (Lipinski definition) is 1. The fourth-order valence-electron chi connectivity index (χ4n) is 3.86. The van der Waals surface area contributed by atoms with Crippen LogP contribution in [0.25, 0.3) is 0 Å². The molecule has 1 amide bonds. The van der Waals surface area contributed by atoms with E-state index in [4.69, 9.17) is 4.74 Å². The maximum atomic E-state index is 12.5. The quantitative estimate of drug-likeness (QED) is 0.900. The maximum absolute atomic E-state index is 12.5. The number of ether oxygens (including phenoxy) is 1. The fraction of sp³-hybridized carbons (Fsp3) is 0.611. The minimum absolute atomic E-state index is 0.0540. The lowest BCUT2D eigenvalue weighted by atomic mass is 9.95. The monoisotopic (exact) mass is 287 g/mol. The molecule has 114 valence electrons. The lowest BCUT2D eigenvalue weighted by Crippen LogP contribution is -2.45. The third-order valence-electron chi connectivity index (χ3n) is 5.09. The van der Waals surface area contributed by atoms with Crippen molar-refractivity contribution in [1.29, 1.82) is 0 Å². The van der Waals surface area contributed by atoms with E-state index < -0.39 is 0 Å². The van der Waals surface area contributed by atoms with Crippen LogP contribution in [0.3, 0.4) is 0 Å². The van der Waals surface area contributed by atoms with Crippen molar-refractivity contribution in [3.8, 4) is 5.75 Å². The second-order valence-electron chi connectivity index (χ2n) is 6.57. The van der Waals surface area contributed by atoms with E-state index in [9.17, 15) is 4.79 Å². The van der Waals surface area contributed by atoms with Crippen molar-refractivity contribution < 1.29 is 9.53 Å². The summed E-state index contributed by atoms with van der Waals surface area (Å²) in [5.41, 5.74) is 1.07. The molecule has 0 aliphatic heterocycles. The summed E-state index contributed by atoms with van der Waals surface area (Å²) < 4.78 is 5.93. The number of rotatable bonds is 5. The number of amides is 1. The Morgan fingerprint density at radius 3 is 2.76 bits per heavy atom. The van der Waals surface area contributed by atoms with Crippen LogP contribution in [0.1, 0.15) is 44.6 Å². The first-order valence-corrected chi connectivity index (χ1v) is 8.20. The molecule has 1 aromatic carbocycles. The molecular formula is C18H25NO2. The third kappa shape index (κ3) is 3.07. The number of benzene rings is 1. The maximum Gasteiger partial charge on any atom is 0.261 e. The second kappa shape index (κ2) is 6.08. The van der Waals surface area contributed by atoms with Crippen molar-refractivity contribution in [3.05, 3.63) is 29.8 Å². The van der Waals surface area contributed by atoms with Crippen molar-refractivity contribution in [2.24, 2.45) is 11.8 Å². The molecule has 3 rings (SSSR count). The first-order chi connectivity index (χ1) is 10.2. The normalized spacial score (nSPS) is 28.4. The molecule has 0 spiro atoms. The van der Waals surface area contributed by atoms with Crippen molar-refractivity contribution in [3.63, 3.8) is 0 Å². The fourth-order valence-corrected chi connectivity index (χ4v) is 3.86. The number of carbonyl (C=O) groups is 1. The summed E-state index contributed by atoms with van der Waals surface area (Å²) in [6.07, 6.45) is 5.42. The highest BCUT2D eigenvalue weighted by atomic mass is 16.5. The summed E-state index contributed by atoms with van der Waals surface area (Å²) in [7, 11) is 0. The molecule has 2 aliphatic rings. The van der Waals surface area contributed by atoms with E-state index in [-0.39, 0.29) is 12.0 Å². The van der Waals surface area contributed by atoms with Crippen LogP contribution in [-0.4, -0.2) is 18.1 Å². The number of para-hydroxylation sites is 1. The van der Waals surface area contributed by atoms with Crippen molar-refractivity contribution >= 4 is 5.91 Å². The molecule has 2 aliphatic carbocycles. The van der Waals surface area contributed by atoms with E-state index in [1.54, 1.807) is 0 Å². The Morgan fingerprint density at radius 2 is 2.14 bits per heavy atom. The lowest BCUT2D eigenvalue weighted by molar-refractivity contribution is -0.129. The topological polar surface area (TPSA) is 38.3 Å². The Balaban J connectivity index is 1.60. The summed E-state index contributed by atoms with van der Waals surface area (Å²) in [5, 5.41) is 3.24. The van der Waals surface area contributed by atoms with E-state index >= 15 is 0 Å². The SMILES string of the molecule is CC[C@H](Oc1ccccc1C)C(=O)N[C@H]1C[C@H]2CC[C@H]1C2. The van der Waals surface area contributed by atoms with Gasteiger partial charge in [0.25, 0.3) is 5.91 Å². The highest BCUT2D eigenvalue weighted by Crippen LogP contribution is 2.44. The van der Waals surface area contributed by atoms with Gasteiger partial charge in [-0.2, -0.15) is 0 Å². The van der Waals surface area contributed by atoms with Gasteiger partial charge in [0.15, 0.2) is 6.10 Å². The number of carbonyl (C=O) groups excluding carboxylic acids is 1. The van der Waals surface area contributed by atoms with E-state index in [1.807, 2.05) is 38.1 Å². The molecule has 0 radical (unpaired) electrons. The minimum Gasteiger partial charge on any atom is -0.480 e. The van der Waals surface area contributed by atoms with Gasteiger partial charge in [0.2, 0.25) is 0 Å².